The van der Waals surface area contributed by atoms with E-state index in [4.69, 9.17) is 0 Å². The third-order valence-corrected chi connectivity index (χ3v) is 9.92. The lowest BCUT2D eigenvalue weighted by Gasteiger charge is -2.60. The van der Waals surface area contributed by atoms with E-state index >= 15 is 0 Å². The SMILES string of the molecule is C[C@]12CC[C@H]3[C@@H](CCC4NC(=O)CC[C@@]43C)[C@@H]1CC[C@@H]2CCc1ccccc1. The molecule has 4 fully saturated rings. The van der Waals surface area contributed by atoms with E-state index in [9.17, 15) is 4.79 Å². The van der Waals surface area contributed by atoms with Crippen LogP contribution in [0.1, 0.15) is 77.2 Å². The third kappa shape index (κ3) is 2.85. The highest BCUT2D eigenvalue weighted by atomic mass is 16.1. The molecule has 1 aromatic carbocycles. The smallest absolute Gasteiger partial charge is 0.220 e. The molecule has 5 rings (SSSR count). The number of carbonyl (C=O) groups is 1. The summed E-state index contributed by atoms with van der Waals surface area (Å²) in [6, 6.07) is 11.5. The van der Waals surface area contributed by atoms with E-state index in [-0.39, 0.29) is 0 Å². The second kappa shape index (κ2) is 6.89. The standard InChI is InChI=1S/C26H37NO/c1-25-16-14-22-20(11-13-23-26(22,2)17-15-24(28)27-23)21(25)12-10-19(25)9-8-18-6-4-3-5-7-18/h3-7,19-23H,8-17H2,1-2H3,(H,27,28)/t19-,20-,21-,22-,23?,25+,26+/m0/s1. The van der Waals surface area contributed by atoms with Gasteiger partial charge in [0, 0.05) is 12.5 Å². The van der Waals surface area contributed by atoms with Gasteiger partial charge in [-0.15, -0.1) is 0 Å². The molecular formula is C26H37NO. The van der Waals surface area contributed by atoms with E-state index in [0.29, 0.717) is 22.8 Å². The number of amides is 1. The normalized spacial score (nSPS) is 44.9. The molecule has 0 bridgehead atoms. The van der Waals surface area contributed by atoms with Gasteiger partial charge in [-0.2, -0.15) is 0 Å². The zero-order valence-electron chi connectivity index (χ0n) is 17.8. The third-order valence-electron chi connectivity index (χ3n) is 9.92. The first-order chi connectivity index (χ1) is 13.5. The van der Waals surface area contributed by atoms with Gasteiger partial charge in [-0.3, -0.25) is 4.79 Å². The summed E-state index contributed by atoms with van der Waals surface area (Å²) in [5.74, 6) is 3.84. The molecule has 2 heteroatoms. The molecule has 3 aliphatic carbocycles. The number of piperidine rings is 1. The minimum Gasteiger partial charge on any atom is -0.353 e. The number of nitrogens with one attached hydrogen (secondary N) is 1. The summed E-state index contributed by atoms with van der Waals surface area (Å²) in [5, 5.41) is 3.37. The number of benzene rings is 1. The van der Waals surface area contributed by atoms with E-state index in [1.165, 1.54) is 56.9 Å². The van der Waals surface area contributed by atoms with Gasteiger partial charge in [0.1, 0.15) is 0 Å². The fourth-order valence-electron chi connectivity index (χ4n) is 8.27. The molecule has 2 nitrogen and oxygen atoms in total. The Balaban J connectivity index is 1.32. The Kier molecular flexibility index (Phi) is 4.60. The van der Waals surface area contributed by atoms with Crippen molar-refractivity contribution in [2.45, 2.75) is 84.1 Å². The number of aryl methyl sites for hydroxylation is 1. The lowest BCUT2D eigenvalue weighted by Crippen LogP contribution is -2.61. The second-order valence-electron chi connectivity index (χ2n) is 10.9. The van der Waals surface area contributed by atoms with Crippen molar-refractivity contribution in [3.8, 4) is 0 Å². The van der Waals surface area contributed by atoms with Crippen LogP contribution in [0.3, 0.4) is 0 Å². The lowest BCUT2D eigenvalue weighted by molar-refractivity contribution is -0.136. The first-order valence-electron chi connectivity index (χ1n) is 11.8. The van der Waals surface area contributed by atoms with Gasteiger partial charge in [0.05, 0.1) is 0 Å². The molecule has 1 amide bonds. The highest BCUT2D eigenvalue weighted by Crippen LogP contribution is 2.66. The van der Waals surface area contributed by atoms with Crippen molar-refractivity contribution >= 4 is 5.91 Å². The van der Waals surface area contributed by atoms with Gasteiger partial charge in [-0.25, -0.2) is 0 Å². The van der Waals surface area contributed by atoms with Crippen LogP contribution in [0.5, 0.6) is 0 Å². The predicted molar refractivity (Wildman–Crippen MR) is 114 cm³/mol. The van der Waals surface area contributed by atoms with Crippen molar-refractivity contribution in [1.29, 1.82) is 0 Å². The summed E-state index contributed by atoms with van der Waals surface area (Å²) in [5.41, 5.74) is 2.41. The number of rotatable bonds is 3. The molecule has 0 radical (unpaired) electrons. The average molecular weight is 380 g/mol. The number of hydrogen-bond acceptors (Lipinski definition) is 1. The molecule has 28 heavy (non-hydrogen) atoms. The molecule has 3 saturated carbocycles. The van der Waals surface area contributed by atoms with Gasteiger partial charge in [0.15, 0.2) is 0 Å². The van der Waals surface area contributed by atoms with E-state index in [0.717, 1.165) is 36.5 Å². The summed E-state index contributed by atoms with van der Waals surface area (Å²) in [7, 11) is 0. The zero-order chi connectivity index (χ0) is 19.4. The molecule has 1 heterocycles. The quantitative estimate of drug-likeness (QED) is 0.711. The Labute approximate surface area is 170 Å². The van der Waals surface area contributed by atoms with Gasteiger partial charge in [0.25, 0.3) is 0 Å². The Morgan fingerprint density at radius 1 is 0.929 bits per heavy atom. The van der Waals surface area contributed by atoms with E-state index in [2.05, 4.69) is 49.5 Å². The largest absolute Gasteiger partial charge is 0.353 e. The average Bonchev–Trinajstić information content (AvgIpc) is 3.04. The van der Waals surface area contributed by atoms with Crippen molar-refractivity contribution in [2.24, 2.45) is 34.5 Å². The Morgan fingerprint density at radius 2 is 1.71 bits per heavy atom. The molecule has 1 saturated heterocycles. The minimum atomic E-state index is 0.295. The number of hydrogen-bond donors (Lipinski definition) is 1. The summed E-state index contributed by atoms with van der Waals surface area (Å²) in [6.07, 6.45) is 12.7. The molecule has 1 unspecified atom stereocenters. The van der Waals surface area contributed by atoms with E-state index < -0.39 is 0 Å². The topological polar surface area (TPSA) is 29.1 Å². The van der Waals surface area contributed by atoms with E-state index in [1.807, 2.05) is 0 Å². The summed E-state index contributed by atoms with van der Waals surface area (Å²) >= 11 is 0. The van der Waals surface area contributed by atoms with E-state index in [1.54, 1.807) is 0 Å². The fraction of sp³-hybridized carbons (Fsp3) is 0.731. The van der Waals surface area contributed by atoms with Crippen LogP contribution < -0.4 is 5.32 Å². The highest BCUT2D eigenvalue weighted by Gasteiger charge is 2.60. The van der Waals surface area contributed by atoms with Crippen LogP contribution in [0.15, 0.2) is 30.3 Å². The van der Waals surface area contributed by atoms with Gasteiger partial charge < -0.3 is 5.32 Å². The highest BCUT2D eigenvalue weighted by molar-refractivity contribution is 5.77. The predicted octanol–water partition coefficient (Wildman–Crippen LogP) is 5.76. The van der Waals surface area contributed by atoms with Gasteiger partial charge in [-0.05, 0) is 97.9 Å². The van der Waals surface area contributed by atoms with Crippen molar-refractivity contribution < 1.29 is 4.79 Å². The Morgan fingerprint density at radius 3 is 2.54 bits per heavy atom. The van der Waals surface area contributed by atoms with Crippen LogP contribution >= 0.6 is 0 Å². The molecule has 1 aromatic rings. The Bertz CT molecular complexity index is 729. The molecule has 152 valence electrons. The van der Waals surface area contributed by atoms with Crippen LogP contribution in [-0.2, 0) is 11.2 Å². The molecular weight excluding hydrogens is 342 g/mol. The molecule has 1 aliphatic heterocycles. The molecule has 1 N–H and O–H groups in total. The van der Waals surface area contributed by atoms with Gasteiger partial charge in [-0.1, -0.05) is 44.2 Å². The molecule has 4 aliphatic rings. The van der Waals surface area contributed by atoms with Crippen LogP contribution in [0, 0.1) is 34.5 Å². The zero-order valence-corrected chi connectivity index (χ0v) is 17.8. The monoisotopic (exact) mass is 379 g/mol. The molecule has 7 atom stereocenters. The van der Waals surface area contributed by atoms with Crippen molar-refractivity contribution in [1.82, 2.24) is 5.32 Å². The first kappa shape index (κ1) is 18.7. The van der Waals surface area contributed by atoms with Crippen molar-refractivity contribution in [3.63, 3.8) is 0 Å². The first-order valence-corrected chi connectivity index (χ1v) is 11.8. The summed E-state index contributed by atoms with van der Waals surface area (Å²) < 4.78 is 0. The maximum atomic E-state index is 12.0. The fourth-order valence-corrected chi connectivity index (χ4v) is 8.27. The summed E-state index contributed by atoms with van der Waals surface area (Å²) in [6.45, 7) is 5.16. The van der Waals surface area contributed by atoms with Crippen LogP contribution in [0.2, 0.25) is 0 Å². The minimum absolute atomic E-state index is 0.295. The van der Waals surface area contributed by atoms with Crippen LogP contribution in [0.25, 0.3) is 0 Å². The Hall–Kier alpha value is -1.31. The van der Waals surface area contributed by atoms with Crippen molar-refractivity contribution in [3.05, 3.63) is 35.9 Å². The van der Waals surface area contributed by atoms with Crippen LogP contribution in [0.4, 0.5) is 0 Å². The van der Waals surface area contributed by atoms with Gasteiger partial charge >= 0.3 is 0 Å². The summed E-state index contributed by atoms with van der Waals surface area (Å²) in [4.78, 5) is 12.0. The van der Waals surface area contributed by atoms with Gasteiger partial charge in [0.2, 0.25) is 5.91 Å². The maximum absolute atomic E-state index is 12.0. The lowest BCUT2D eigenvalue weighted by atomic mass is 9.47. The van der Waals surface area contributed by atoms with Crippen LogP contribution in [-0.4, -0.2) is 11.9 Å². The second-order valence-corrected chi connectivity index (χ2v) is 10.9. The number of carbonyl (C=O) groups excluding carboxylic acids is 1. The molecule has 0 spiro atoms. The molecule has 0 aromatic heterocycles. The van der Waals surface area contributed by atoms with Crippen molar-refractivity contribution in [2.75, 3.05) is 0 Å². The number of fused-ring (bicyclic) bond motifs is 5. The maximum Gasteiger partial charge on any atom is 0.220 e.